The number of carbonyl (C=O) groups excluding carboxylic acids is 2. The van der Waals surface area contributed by atoms with Gasteiger partial charge in [0, 0.05) is 22.7 Å². The zero-order chi connectivity index (χ0) is 19.4. The number of hydrogen-bond acceptors (Lipinski definition) is 5. The third-order valence-electron chi connectivity index (χ3n) is 5.40. The lowest BCUT2D eigenvalue weighted by Crippen LogP contribution is -2.32. The van der Waals surface area contributed by atoms with E-state index in [0.717, 1.165) is 23.3 Å². The third kappa shape index (κ3) is 2.43. The van der Waals surface area contributed by atoms with E-state index in [1.165, 1.54) is 17.6 Å². The molecule has 1 aromatic carbocycles. The predicted molar refractivity (Wildman–Crippen MR) is 106 cm³/mol. The van der Waals surface area contributed by atoms with Crippen LogP contribution >= 0.6 is 11.5 Å². The fourth-order valence-electron chi connectivity index (χ4n) is 3.98. The summed E-state index contributed by atoms with van der Waals surface area (Å²) in [6.45, 7) is 1.93. The van der Waals surface area contributed by atoms with Crippen LogP contribution in [-0.2, 0) is 9.59 Å². The molecule has 2 aliphatic rings. The number of nitrogens with zero attached hydrogens (tertiary/aromatic N) is 3. The average Bonchev–Trinajstić information content (AvgIpc) is 3.21. The highest BCUT2D eigenvalue weighted by Gasteiger charge is 2.41. The van der Waals surface area contributed by atoms with Gasteiger partial charge in [-0.3, -0.25) is 14.6 Å². The predicted octanol–water partition coefficient (Wildman–Crippen LogP) is 4.55. The number of aromatic nitrogens is 2. The first-order chi connectivity index (χ1) is 13.6. The smallest absolute Gasteiger partial charge is 0.261 e. The van der Waals surface area contributed by atoms with Crippen LogP contribution in [0, 0.1) is 12.7 Å². The minimum atomic E-state index is -0.595. The zero-order valence-electron chi connectivity index (χ0n) is 15.2. The molecule has 140 valence electrons. The second-order valence-corrected chi connectivity index (χ2v) is 7.91. The summed E-state index contributed by atoms with van der Waals surface area (Å²) in [5.74, 6) is -1.38. The van der Waals surface area contributed by atoms with Gasteiger partial charge < -0.3 is 0 Å². The number of halogens is 1. The van der Waals surface area contributed by atoms with Crippen LogP contribution in [0.15, 0.2) is 41.6 Å². The van der Waals surface area contributed by atoms with Crippen LogP contribution < -0.4 is 4.90 Å². The Morgan fingerprint density at radius 1 is 1.07 bits per heavy atom. The van der Waals surface area contributed by atoms with Gasteiger partial charge in [0.1, 0.15) is 11.5 Å². The number of rotatable bonds is 2. The molecule has 3 aromatic rings. The van der Waals surface area contributed by atoms with Crippen molar-refractivity contribution in [2.75, 3.05) is 4.90 Å². The lowest BCUT2D eigenvalue weighted by Gasteiger charge is -2.16. The maximum absolute atomic E-state index is 14.9. The standard InChI is InChI=1S/C21H16FN3O2S/c1-11-5-4-8-23-18(11)19-14-9-16(15(22)10-17(14)28-24-19)25-20(26)12-6-2-3-7-13(12)21(25)27/h4-5,8-10H,2-3,6-7H2,1H3. The van der Waals surface area contributed by atoms with E-state index in [1.807, 2.05) is 19.1 Å². The summed E-state index contributed by atoms with van der Waals surface area (Å²) in [5.41, 5.74) is 3.37. The van der Waals surface area contributed by atoms with E-state index in [4.69, 9.17) is 0 Å². The quantitative estimate of drug-likeness (QED) is 0.599. The van der Waals surface area contributed by atoms with E-state index in [0.29, 0.717) is 45.5 Å². The van der Waals surface area contributed by atoms with Gasteiger partial charge in [0.15, 0.2) is 0 Å². The van der Waals surface area contributed by atoms with Gasteiger partial charge in [0.05, 0.1) is 16.1 Å². The van der Waals surface area contributed by atoms with E-state index in [2.05, 4.69) is 9.36 Å². The molecule has 0 radical (unpaired) electrons. The molecule has 0 bridgehead atoms. The highest BCUT2D eigenvalue weighted by Crippen LogP contribution is 2.40. The number of carbonyl (C=O) groups is 2. The lowest BCUT2D eigenvalue weighted by molar-refractivity contribution is -0.120. The van der Waals surface area contributed by atoms with Crippen molar-refractivity contribution in [3.63, 3.8) is 0 Å². The Hall–Kier alpha value is -2.93. The molecule has 3 heterocycles. The van der Waals surface area contributed by atoms with Crippen molar-refractivity contribution >= 4 is 39.1 Å². The van der Waals surface area contributed by atoms with Gasteiger partial charge in [0.25, 0.3) is 11.8 Å². The van der Waals surface area contributed by atoms with Crippen molar-refractivity contribution in [3.8, 4) is 11.4 Å². The van der Waals surface area contributed by atoms with Gasteiger partial charge in [0.2, 0.25) is 0 Å². The molecule has 0 spiro atoms. The van der Waals surface area contributed by atoms with Crippen LogP contribution in [0.1, 0.15) is 31.2 Å². The molecule has 0 fully saturated rings. The fraction of sp³-hybridized carbons (Fsp3) is 0.238. The Morgan fingerprint density at radius 3 is 2.46 bits per heavy atom. The molecular formula is C21H16FN3O2S. The van der Waals surface area contributed by atoms with Crippen LogP contribution in [0.5, 0.6) is 0 Å². The van der Waals surface area contributed by atoms with Crippen molar-refractivity contribution in [2.24, 2.45) is 0 Å². The van der Waals surface area contributed by atoms with Crippen molar-refractivity contribution in [1.82, 2.24) is 9.36 Å². The summed E-state index contributed by atoms with van der Waals surface area (Å²) in [6.07, 6.45) is 4.61. The Kier molecular flexibility index (Phi) is 3.87. The number of hydrogen-bond donors (Lipinski definition) is 0. The number of fused-ring (bicyclic) bond motifs is 1. The first-order valence-corrected chi connectivity index (χ1v) is 9.95. The number of amides is 2. The summed E-state index contributed by atoms with van der Waals surface area (Å²) < 4.78 is 20.0. The maximum Gasteiger partial charge on any atom is 0.261 e. The monoisotopic (exact) mass is 393 g/mol. The van der Waals surface area contributed by atoms with Crippen LogP contribution in [0.4, 0.5) is 10.1 Å². The molecule has 1 aliphatic heterocycles. The van der Waals surface area contributed by atoms with Crippen molar-refractivity contribution < 1.29 is 14.0 Å². The Morgan fingerprint density at radius 2 is 1.79 bits per heavy atom. The number of pyridine rings is 1. The minimum Gasteiger partial charge on any atom is -0.269 e. The van der Waals surface area contributed by atoms with Crippen molar-refractivity contribution in [1.29, 1.82) is 0 Å². The second-order valence-electron chi connectivity index (χ2n) is 7.11. The van der Waals surface area contributed by atoms with Gasteiger partial charge >= 0.3 is 0 Å². The minimum absolute atomic E-state index is 0.00747. The highest BCUT2D eigenvalue weighted by atomic mass is 32.1. The first kappa shape index (κ1) is 17.2. The highest BCUT2D eigenvalue weighted by molar-refractivity contribution is 7.13. The van der Waals surface area contributed by atoms with Gasteiger partial charge in [-0.2, -0.15) is 4.37 Å². The molecule has 0 atom stereocenters. The molecule has 5 rings (SSSR count). The SMILES string of the molecule is Cc1cccnc1-c1nsc2cc(F)c(N3C(=O)C4=C(CCCC4)C3=O)cc12. The molecule has 1 aliphatic carbocycles. The molecule has 5 nitrogen and oxygen atoms in total. The second kappa shape index (κ2) is 6.31. The van der Waals surface area contributed by atoms with Gasteiger partial charge in [-0.05, 0) is 67.9 Å². The van der Waals surface area contributed by atoms with Crippen LogP contribution in [0.3, 0.4) is 0 Å². The summed E-state index contributed by atoms with van der Waals surface area (Å²) in [6, 6.07) is 6.69. The summed E-state index contributed by atoms with van der Waals surface area (Å²) >= 11 is 1.18. The molecule has 2 amide bonds. The number of imide groups is 1. The van der Waals surface area contributed by atoms with E-state index in [9.17, 15) is 14.0 Å². The van der Waals surface area contributed by atoms with Crippen LogP contribution in [0.25, 0.3) is 21.5 Å². The molecule has 7 heteroatoms. The largest absolute Gasteiger partial charge is 0.269 e. The first-order valence-electron chi connectivity index (χ1n) is 9.18. The topological polar surface area (TPSA) is 63.2 Å². The molecule has 0 unspecified atom stereocenters. The lowest BCUT2D eigenvalue weighted by atomic mass is 9.93. The Balaban J connectivity index is 1.66. The molecule has 28 heavy (non-hydrogen) atoms. The number of aryl methyl sites for hydroxylation is 1. The van der Waals surface area contributed by atoms with E-state index >= 15 is 0 Å². The molecular weight excluding hydrogens is 377 g/mol. The fourth-order valence-corrected chi connectivity index (χ4v) is 4.77. The Labute approximate surface area is 164 Å². The molecule has 2 aromatic heterocycles. The van der Waals surface area contributed by atoms with E-state index in [-0.39, 0.29) is 5.69 Å². The summed E-state index contributed by atoms with van der Waals surface area (Å²) in [5, 5.41) is 0.689. The zero-order valence-corrected chi connectivity index (χ0v) is 16.0. The molecule has 0 saturated heterocycles. The van der Waals surface area contributed by atoms with Gasteiger partial charge in [-0.15, -0.1) is 0 Å². The van der Waals surface area contributed by atoms with Crippen LogP contribution in [-0.4, -0.2) is 21.2 Å². The van der Waals surface area contributed by atoms with Gasteiger partial charge in [-0.1, -0.05) is 6.07 Å². The third-order valence-corrected chi connectivity index (χ3v) is 6.21. The number of anilines is 1. The average molecular weight is 393 g/mol. The van der Waals surface area contributed by atoms with Crippen LogP contribution in [0.2, 0.25) is 0 Å². The van der Waals surface area contributed by atoms with Crippen molar-refractivity contribution in [3.05, 3.63) is 53.0 Å². The van der Waals surface area contributed by atoms with Gasteiger partial charge in [-0.25, -0.2) is 9.29 Å². The van der Waals surface area contributed by atoms with E-state index in [1.54, 1.807) is 12.3 Å². The summed E-state index contributed by atoms with van der Waals surface area (Å²) in [4.78, 5) is 31.1. The normalized spacial score (nSPS) is 17.0. The van der Waals surface area contributed by atoms with E-state index < -0.39 is 17.6 Å². The number of benzene rings is 1. The van der Waals surface area contributed by atoms with Crippen molar-refractivity contribution in [2.45, 2.75) is 32.6 Å². The maximum atomic E-state index is 14.9. The molecule has 0 saturated carbocycles. The molecule has 0 N–H and O–H groups in total. The summed E-state index contributed by atoms with van der Waals surface area (Å²) in [7, 11) is 0. The Bertz CT molecular complexity index is 1170.